The highest BCUT2D eigenvalue weighted by atomic mass is 32.2. The molecular formula is C27H24N4O3S. The molecule has 8 heteroatoms. The molecule has 0 bridgehead atoms. The molecule has 176 valence electrons. The summed E-state index contributed by atoms with van der Waals surface area (Å²) >= 11 is 1.66. The fraction of sp³-hybridized carbons (Fsp3) is 0.148. The Morgan fingerprint density at radius 2 is 1.86 bits per heavy atom. The van der Waals surface area contributed by atoms with E-state index in [1.54, 1.807) is 37.4 Å². The Labute approximate surface area is 207 Å². The van der Waals surface area contributed by atoms with Crippen molar-refractivity contribution in [2.24, 2.45) is 0 Å². The summed E-state index contributed by atoms with van der Waals surface area (Å²) in [5, 5.41) is 3.79. The van der Waals surface area contributed by atoms with Crippen LogP contribution in [-0.2, 0) is 18.8 Å². The average molecular weight is 485 g/mol. The fourth-order valence-corrected chi connectivity index (χ4v) is 4.68. The van der Waals surface area contributed by atoms with Crippen molar-refractivity contribution in [2.45, 2.75) is 24.0 Å². The number of furan rings is 1. The number of hydrogen-bond donors (Lipinski definition) is 1. The number of amides is 1. The molecule has 7 nitrogen and oxygen atoms in total. The third-order valence-corrected chi connectivity index (χ3v) is 6.65. The van der Waals surface area contributed by atoms with Crippen molar-refractivity contribution >= 4 is 28.7 Å². The van der Waals surface area contributed by atoms with E-state index < -0.39 is 0 Å². The Morgan fingerprint density at radius 3 is 2.60 bits per heavy atom. The minimum Gasteiger partial charge on any atom is -0.497 e. The molecule has 5 rings (SSSR count). The van der Waals surface area contributed by atoms with E-state index >= 15 is 0 Å². The fourth-order valence-electron chi connectivity index (χ4n) is 3.71. The van der Waals surface area contributed by atoms with Crippen LogP contribution in [0.3, 0.4) is 0 Å². The normalized spacial score (nSPS) is 11.0. The number of carbonyl (C=O) groups excluding carboxylic acids is 1. The second kappa shape index (κ2) is 10.5. The summed E-state index contributed by atoms with van der Waals surface area (Å²) in [6.07, 6.45) is 5.21. The van der Waals surface area contributed by atoms with Crippen LogP contribution in [0.5, 0.6) is 5.75 Å². The molecule has 0 saturated carbocycles. The van der Waals surface area contributed by atoms with E-state index in [0.29, 0.717) is 18.7 Å². The topological polar surface area (TPSA) is 82.2 Å². The summed E-state index contributed by atoms with van der Waals surface area (Å²) in [6.45, 7) is 1.05. The van der Waals surface area contributed by atoms with Crippen LogP contribution in [-0.4, -0.2) is 27.6 Å². The maximum atomic E-state index is 12.4. The van der Waals surface area contributed by atoms with Crippen LogP contribution in [0.4, 0.5) is 0 Å². The van der Waals surface area contributed by atoms with Crippen molar-refractivity contribution < 1.29 is 13.9 Å². The van der Waals surface area contributed by atoms with Gasteiger partial charge in [0, 0.05) is 17.5 Å². The first-order valence-electron chi connectivity index (χ1n) is 11.1. The molecule has 1 N–H and O–H groups in total. The minimum absolute atomic E-state index is 0.130. The standard InChI is InChI=1S/C27H24N4O3S/c1-33-22-10-6-19(7-11-22)17-31-25-16-28-13-12-24(25)30-27(31)35-18-20-4-8-21(9-5-20)26(32)29-15-23-3-2-14-34-23/h2-14,16H,15,17-18H2,1H3,(H,29,32). The molecule has 0 unspecified atom stereocenters. The first-order valence-corrected chi connectivity index (χ1v) is 12.1. The highest BCUT2D eigenvalue weighted by molar-refractivity contribution is 7.98. The van der Waals surface area contributed by atoms with Gasteiger partial charge in [-0.2, -0.15) is 0 Å². The quantitative estimate of drug-likeness (QED) is 0.286. The van der Waals surface area contributed by atoms with Crippen LogP contribution in [0.1, 0.15) is 27.2 Å². The van der Waals surface area contributed by atoms with Gasteiger partial charge in [-0.25, -0.2) is 4.98 Å². The van der Waals surface area contributed by atoms with Crippen LogP contribution in [0.15, 0.2) is 95.0 Å². The number of thioether (sulfide) groups is 1. The number of benzene rings is 2. The zero-order valence-corrected chi connectivity index (χ0v) is 20.0. The average Bonchev–Trinajstić information content (AvgIpc) is 3.55. The molecule has 3 heterocycles. The van der Waals surface area contributed by atoms with Gasteiger partial charge in [-0.3, -0.25) is 9.78 Å². The second-order valence-corrected chi connectivity index (χ2v) is 8.88. The van der Waals surface area contributed by atoms with Crippen LogP contribution in [0, 0.1) is 0 Å². The number of nitrogens with zero attached hydrogens (tertiary/aromatic N) is 3. The summed E-state index contributed by atoms with van der Waals surface area (Å²) in [7, 11) is 1.67. The number of pyridine rings is 1. The second-order valence-electron chi connectivity index (χ2n) is 7.94. The highest BCUT2D eigenvalue weighted by Crippen LogP contribution is 2.28. The SMILES string of the molecule is COc1ccc(Cn2c(SCc3ccc(C(=O)NCc4ccco4)cc3)nc3ccncc32)cc1. The zero-order chi connectivity index (χ0) is 24.0. The van der Waals surface area contributed by atoms with E-state index in [1.807, 2.05) is 54.7 Å². The number of aromatic nitrogens is 3. The van der Waals surface area contributed by atoms with E-state index in [1.165, 1.54) is 0 Å². The number of rotatable bonds is 9. The summed E-state index contributed by atoms with van der Waals surface area (Å²) in [6, 6.07) is 21.3. The van der Waals surface area contributed by atoms with Crippen molar-refractivity contribution in [1.29, 1.82) is 0 Å². The van der Waals surface area contributed by atoms with Crippen LogP contribution in [0.2, 0.25) is 0 Å². The first kappa shape index (κ1) is 22.7. The van der Waals surface area contributed by atoms with Gasteiger partial charge in [0.05, 0.1) is 43.7 Å². The van der Waals surface area contributed by atoms with Gasteiger partial charge in [0.2, 0.25) is 0 Å². The molecule has 0 aliphatic carbocycles. The molecule has 0 fully saturated rings. The van der Waals surface area contributed by atoms with Gasteiger partial charge < -0.3 is 19.0 Å². The largest absolute Gasteiger partial charge is 0.497 e. The van der Waals surface area contributed by atoms with Crippen molar-refractivity contribution in [3.63, 3.8) is 0 Å². The molecule has 0 atom stereocenters. The Kier molecular flexibility index (Phi) is 6.81. The molecule has 1 amide bonds. The molecule has 3 aromatic heterocycles. The predicted octanol–water partition coefficient (Wildman–Crippen LogP) is 5.30. The van der Waals surface area contributed by atoms with Crippen molar-refractivity contribution in [2.75, 3.05) is 7.11 Å². The Morgan fingerprint density at radius 1 is 1.06 bits per heavy atom. The van der Waals surface area contributed by atoms with E-state index in [4.69, 9.17) is 14.1 Å². The van der Waals surface area contributed by atoms with Gasteiger partial charge in [-0.15, -0.1) is 0 Å². The number of ether oxygens (including phenoxy) is 1. The lowest BCUT2D eigenvalue weighted by molar-refractivity contribution is 0.0948. The molecule has 5 aromatic rings. The van der Waals surface area contributed by atoms with Gasteiger partial charge >= 0.3 is 0 Å². The smallest absolute Gasteiger partial charge is 0.251 e. The lowest BCUT2D eigenvalue weighted by Gasteiger charge is -2.10. The van der Waals surface area contributed by atoms with Gasteiger partial charge in [0.1, 0.15) is 11.5 Å². The number of imidazole rings is 1. The molecule has 0 aliphatic rings. The predicted molar refractivity (Wildman–Crippen MR) is 136 cm³/mol. The maximum absolute atomic E-state index is 12.4. The molecule has 2 aromatic carbocycles. The zero-order valence-electron chi connectivity index (χ0n) is 19.2. The van der Waals surface area contributed by atoms with E-state index in [-0.39, 0.29) is 5.91 Å². The summed E-state index contributed by atoms with van der Waals surface area (Å²) in [5.74, 6) is 2.15. The molecular weight excluding hydrogens is 460 g/mol. The third-order valence-electron chi connectivity index (χ3n) is 5.60. The Balaban J connectivity index is 1.28. The van der Waals surface area contributed by atoms with Crippen molar-refractivity contribution in [1.82, 2.24) is 19.9 Å². The third kappa shape index (κ3) is 5.38. The summed E-state index contributed by atoms with van der Waals surface area (Å²) in [5.41, 5.74) is 4.79. The van der Waals surface area contributed by atoms with E-state index in [0.717, 1.165) is 44.6 Å². The van der Waals surface area contributed by atoms with Crippen molar-refractivity contribution in [3.05, 3.63) is 108 Å². The van der Waals surface area contributed by atoms with Gasteiger partial charge in [0.15, 0.2) is 5.16 Å². The first-order chi connectivity index (χ1) is 17.2. The molecule has 0 aliphatic heterocycles. The number of fused-ring (bicyclic) bond motifs is 1. The summed E-state index contributed by atoms with van der Waals surface area (Å²) < 4.78 is 12.7. The van der Waals surface area contributed by atoms with Crippen LogP contribution >= 0.6 is 11.8 Å². The number of carbonyl (C=O) groups is 1. The van der Waals surface area contributed by atoms with Gasteiger partial charge in [-0.1, -0.05) is 36.0 Å². The lowest BCUT2D eigenvalue weighted by Crippen LogP contribution is -2.22. The maximum Gasteiger partial charge on any atom is 0.251 e. The number of nitrogens with one attached hydrogen (secondary N) is 1. The van der Waals surface area contributed by atoms with Crippen LogP contribution < -0.4 is 10.1 Å². The van der Waals surface area contributed by atoms with Crippen LogP contribution in [0.25, 0.3) is 11.0 Å². The number of methoxy groups -OCH3 is 1. The molecule has 0 spiro atoms. The highest BCUT2D eigenvalue weighted by Gasteiger charge is 2.13. The van der Waals surface area contributed by atoms with E-state index in [2.05, 4.69) is 27.0 Å². The Hall–Kier alpha value is -4.04. The monoisotopic (exact) mass is 484 g/mol. The lowest BCUT2D eigenvalue weighted by atomic mass is 10.1. The minimum atomic E-state index is -0.130. The van der Waals surface area contributed by atoms with Gasteiger partial charge in [-0.05, 0) is 53.6 Å². The molecule has 0 saturated heterocycles. The number of hydrogen-bond acceptors (Lipinski definition) is 6. The molecule has 0 radical (unpaired) electrons. The van der Waals surface area contributed by atoms with Crippen molar-refractivity contribution in [3.8, 4) is 5.75 Å². The molecule has 35 heavy (non-hydrogen) atoms. The Bertz CT molecular complexity index is 1410. The van der Waals surface area contributed by atoms with E-state index in [9.17, 15) is 4.79 Å². The summed E-state index contributed by atoms with van der Waals surface area (Å²) in [4.78, 5) is 21.5. The van der Waals surface area contributed by atoms with Gasteiger partial charge in [0.25, 0.3) is 5.91 Å².